The van der Waals surface area contributed by atoms with Crippen molar-refractivity contribution in [1.82, 2.24) is 19.7 Å². The number of nitrogens with zero attached hydrogens (tertiary/aromatic N) is 4. The number of halogens is 2. The number of hydrogen-bond donors (Lipinski definition) is 1. The number of pyridine rings is 1. The third-order valence-corrected chi connectivity index (χ3v) is 6.21. The van der Waals surface area contributed by atoms with Crippen molar-refractivity contribution in [3.05, 3.63) is 53.4 Å². The Balaban J connectivity index is 1.93. The van der Waals surface area contributed by atoms with E-state index in [0.29, 0.717) is 25.0 Å². The number of amides is 1. The molecule has 2 N–H and O–H groups in total. The summed E-state index contributed by atoms with van der Waals surface area (Å²) < 4.78 is 46.3. The Morgan fingerprint density at radius 3 is 2.50 bits per heavy atom. The number of aromatic nitrogens is 3. The Morgan fingerprint density at radius 1 is 1.21 bits per heavy atom. The Bertz CT molecular complexity index is 1480. The molecular formula is C26H25F2N5O5. The van der Waals surface area contributed by atoms with E-state index in [9.17, 15) is 18.4 Å². The number of hydrogen-bond acceptors (Lipinski definition) is 8. The molecule has 2 aromatic heterocycles. The highest BCUT2D eigenvalue weighted by atomic mass is 19.1. The molecule has 0 unspecified atom stereocenters. The Labute approximate surface area is 217 Å². The molecule has 0 saturated carbocycles. The molecule has 1 aliphatic rings. The van der Waals surface area contributed by atoms with Crippen molar-refractivity contribution in [3.8, 4) is 23.3 Å². The molecule has 1 amide bonds. The van der Waals surface area contributed by atoms with E-state index in [1.807, 2.05) is 0 Å². The highest BCUT2D eigenvalue weighted by molar-refractivity contribution is 6.10. The number of ether oxygens (including phenoxy) is 3. The third kappa shape index (κ3) is 4.64. The first-order valence-electron chi connectivity index (χ1n) is 11.5. The zero-order valence-corrected chi connectivity index (χ0v) is 21.0. The van der Waals surface area contributed by atoms with Crippen molar-refractivity contribution in [2.75, 3.05) is 46.8 Å². The molecule has 0 radical (unpaired) electrons. The van der Waals surface area contributed by atoms with Crippen LogP contribution in [0.2, 0.25) is 0 Å². The maximum atomic E-state index is 14.9. The number of anilines is 1. The molecule has 10 nitrogen and oxygen atoms in total. The van der Waals surface area contributed by atoms with Crippen molar-refractivity contribution < 1.29 is 32.6 Å². The summed E-state index contributed by atoms with van der Waals surface area (Å²) in [6.07, 6.45) is 3.07. The molecule has 12 heteroatoms. The van der Waals surface area contributed by atoms with E-state index < -0.39 is 17.2 Å². The minimum atomic E-state index is -1.02. The van der Waals surface area contributed by atoms with Crippen LogP contribution in [0.3, 0.4) is 0 Å². The van der Waals surface area contributed by atoms with Gasteiger partial charge in [-0.3, -0.25) is 14.3 Å². The number of rotatable bonds is 7. The predicted molar refractivity (Wildman–Crippen MR) is 134 cm³/mol. The van der Waals surface area contributed by atoms with Gasteiger partial charge in [0.25, 0.3) is 0 Å². The van der Waals surface area contributed by atoms with Gasteiger partial charge in [0.05, 0.1) is 36.7 Å². The van der Waals surface area contributed by atoms with Crippen LogP contribution in [0.4, 0.5) is 14.6 Å². The Morgan fingerprint density at radius 2 is 1.89 bits per heavy atom. The number of ketones is 1. The van der Waals surface area contributed by atoms with Gasteiger partial charge in [0.15, 0.2) is 28.9 Å². The van der Waals surface area contributed by atoms with E-state index in [2.05, 4.69) is 28.5 Å². The fourth-order valence-corrected chi connectivity index (χ4v) is 4.35. The van der Waals surface area contributed by atoms with E-state index in [1.165, 1.54) is 33.6 Å². The van der Waals surface area contributed by atoms with Gasteiger partial charge >= 0.3 is 0 Å². The summed E-state index contributed by atoms with van der Waals surface area (Å²) in [6, 6.07) is 0.740. The fraction of sp³-hybridized carbons (Fsp3) is 0.308. The van der Waals surface area contributed by atoms with Crippen molar-refractivity contribution >= 4 is 28.4 Å². The normalized spacial score (nSPS) is 14.8. The van der Waals surface area contributed by atoms with Crippen LogP contribution in [-0.4, -0.2) is 72.4 Å². The van der Waals surface area contributed by atoms with Crippen LogP contribution in [-0.2, 0) is 9.53 Å². The lowest BCUT2D eigenvalue weighted by Crippen LogP contribution is -2.27. The summed E-state index contributed by atoms with van der Waals surface area (Å²) in [5, 5.41) is 4.81. The highest BCUT2D eigenvalue weighted by Crippen LogP contribution is 2.33. The quantitative estimate of drug-likeness (QED) is 0.284. The van der Waals surface area contributed by atoms with E-state index in [-0.39, 0.29) is 58.3 Å². The van der Waals surface area contributed by atoms with Crippen molar-refractivity contribution in [1.29, 1.82) is 0 Å². The van der Waals surface area contributed by atoms with Crippen LogP contribution in [0.25, 0.3) is 10.9 Å². The van der Waals surface area contributed by atoms with Gasteiger partial charge in [-0.15, -0.1) is 0 Å². The zero-order valence-electron chi connectivity index (χ0n) is 21.0. The molecule has 38 heavy (non-hydrogen) atoms. The standard InChI is InChI=1S/C26H25F2N5O5/c1-5-21(35)32-9-8-14(12-32)33-25-16(18(34)13-36-2)11-30-26(29)22(25)17(31-33)7-6-15-23(27)19(37-3)10-20(38-4)24(15)28/h5,10-11,14H,1,8-9,12-13H2,2-4H3,(H2,29,30)/t14-/m0/s1. The number of carbonyl (C=O) groups excluding carboxylic acids is 2. The van der Waals surface area contributed by atoms with E-state index >= 15 is 0 Å². The summed E-state index contributed by atoms with van der Waals surface area (Å²) in [7, 11) is 3.85. The van der Waals surface area contributed by atoms with E-state index in [4.69, 9.17) is 19.9 Å². The average Bonchev–Trinajstić information content (AvgIpc) is 3.55. The summed E-state index contributed by atoms with van der Waals surface area (Å²) in [6.45, 7) is 4.04. The van der Waals surface area contributed by atoms with Crippen LogP contribution in [0.15, 0.2) is 24.9 Å². The third-order valence-electron chi connectivity index (χ3n) is 6.21. The number of fused-ring (bicyclic) bond motifs is 1. The van der Waals surface area contributed by atoms with E-state index in [0.717, 1.165) is 6.07 Å². The number of nitrogens with two attached hydrogens (primary N) is 1. The molecule has 1 aliphatic heterocycles. The number of nitrogen functional groups attached to an aromatic ring is 1. The maximum Gasteiger partial charge on any atom is 0.246 e. The fourth-order valence-electron chi connectivity index (χ4n) is 4.35. The molecular weight excluding hydrogens is 500 g/mol. The van der Waals surface area contributed by atoms with Gasteiger partial charge in [-0.2, -0.15) is 5.10 Å². The largest absolute Gasteiger partial charge is 0.493 e. The van der Waals surface area contributed by atoms with Crippen LogP contribution in [0.5, 0.6) is 11.5 Å². The number of methoxy groups -OCH3 is 3. The van der Waals surface area contributed by atoms with Crippen LogP contribution < -0.4 is 15.2 Å². The molecule has 1 aromatic carbocycles. The zero-order chi connectivity index (χ0) is 27.6. The van der Waals surface area contributed by atoms with Gasteiger partial charge in [-0.25, -0.2) is 13.8 Å². The van der Waals surface area contributed by atoms with Gasteiger partial charge in [0.1, 0.15) is 23.7 Å². The van der Waals surface area contributed by atoms with Gasteiger partial charge < -0.3 is 24.8 Å². The van der Waals surface area contributed by atoms with Crippen LogP contribution in [0, 0.1) is 23.5 Å². The van der Waals surface area contributed by atoms with Crippen molar-refractivity contribution in [3.63, 3.8) is 0 Å². The average molecular weight is 526 g/mol. The minimum absolute atomic E-state index is 0.0192. The SMILES string of the molecule is C=CC(=O)N1CC[C@H](n2nc(C#Cc3c(F)c(OC)cc(OC)c3F)c3c(N)ncc(C(=O)COC)c32)C1. The number of likely N-dealkylation sites (tertiary alicyclic amines) is 1. The maximum absolute atomic E-state index is 14.9. The number of Topliss-reactive ketones (excluding diaryl/α,β-unsaturated/α-hetero) is 1. The smallest absolute Gasteiger partial charge is 0.246 e. The van der Waals surface area contributed by atoms with Crippen LogP contribution >= 0.6 is 0 Å². The molecule has 1 fully saturated rings. The first-order valence-corrected chi connectivity index (χ1v) is 11.5. The van der Waals surface area contributed by atoms with Crippen molar-refractivity contribution in [2.24, 2.45) is 0 Å². The molecule has 4 rings (SSSR count). The number of carbonyl (C=O) groups is 2. The van der Waals surface area contributed by atoms with Gasteiger partial charge in [0.2, 0.25) is 5.91 Å². The molecule has 0 aliphatic carbocycles. The second kappa shape index (κ2) is 10.9. The minimum Gasteiger partial charge on any atom is -0.493 e. The molecule has 198 valence electrons. The summed E-state index contributed by atoms with van der Waals surface area (Å²) in [5.74, 6) is 2.02. The first-order chi connectivity index (χ1) is 18.2. The molecule has 0 spiro atoms. The summed E-state index contributed by atoms with van der Waals surface area (Å²) >= 11 is 0. The lowest BCUT2D eigenvalue weighted by Gasteiger charge is -2.16. The predicted octanol–water partition coefficient (Wildman–Crippen LogP) is 2.50. The molecule has 3 heterocycles. The van der Waals surface area contributed by atoms with Crippen LogP contribution in [0.1, 0.15) is 34.1 Å². The first kappa shape index (κ1) is 26.6. The molecule has 3 aromatic rings. The lowest BCUT2D eigenvalue weighted by molar-refractivity contribution is -0.125. The Kier molecular flexibility index (Phi) is 7.59. The van der Waals surface area contributed by atoms with Gasteiger partial charge in [0, 0.05) is 32.5 Å². The summed E-state index contributed by atoms with van der Waals surface area (Å²) in [4.78, 5) is 30.8. The monoisotopic (exact) mass is 525 g/mol. The number of benzene rings is 1. The molecule has 1 atom stereocenters. The Hall–Kier alpha value is -4.50. The molecule has 1 saturated heterocycles. The van der Waals surface area contributed by atoms with Gasteiger partial charge in [-0.05, 0) is 18.4 Å². The topological polar surface area (TPSA) is 122 Å². The van der Waals surface area contributed by atoms with Crippen molar-refractivity contribution in [2.45, 2.75) is 12.5 Å². The lowest BCUT2D eigenvalue weighted by atomic mass is 10.1. The van der Waals surface area contributed by atoms with E-state index in [1.54, 1.807) is 9.58 Å². The van der Waals surface area contributed by atoms with Gasteiger partial charge in [-0.1, -0.05) is 12.5 Å². The highest BCUT2D eigenvalue weighted by Gasteiger charge is 2.31. The second-order valence-electron chi connectivity index (χ2n) is 8.40. The summed E-state index contributed by atoms with van der Waals surface area (Å²) in [5.41, 5.74) is 6.17. The molecule has 0 bridgehead atoms. The second-order valence-corrected chi connectivity index (χ2v) is 8.40.